The predicted octanol–water partition coefficient (Wildman–Crippen LogP) is 5.78. The second-order valence-electron chi connectivity index (χ2n) is 19.0. The van der Waals surface area contributed by atoms with Crippen LogP contribution in [0, 0.1) is 11.8 Å². The Bertz CT molecular complexity index is 2910. The molecule has 2 unspecified atom stereocenters. The molecular weight excluding hydrogens is 1230 g/mol. The minimum absolute atomic E-state index is 0.0579. The number of carbonyl (C=O) groups is 2. The van der Waals surface area contributed by atoms with Gasteiger partial charge in [-0.1, -0.05) is 59.6 Å². The molecule has 4 heterocycles. The first-order chi connectivity index (χ1) is 36.2. The maximum absolute atomic E-state index is 15.5. The van der Waals surface area contributed by atoms with Crippen molar-refractivity contribution >= 4 is 87.3 Å². The summed E-state index contributed by atoms with van der Waals surface area (Å²) in [5.74, 6) is -0.610. The van der Waals surface area contributed by atoms with Gasteiger partial charge in [0.15, 0.2) is 35.4 Å². The normalized spacial score (nSPS) is 25.2. The van der Waals surface area contributed by atoms with E-state index in [4.69, 9.17) is 50.2 Å². The lowest BCUT2D eigenvalue weighted by Crippen LogP contribution is -2.43. The summed E-state index contributed by atoms with van der Waals surface area (Å²) in [6, 6.07) is 14.0. The molecule has 6 rings (SSSR count). The number of anilines is 1. The van der Waals surface area contributed by atoms with Crippen LogP contribution in [0.15, 0.2) is 96.6 Å². The fourth-order valence-electron chi connectivity index (χ4n) is 7.44. The van der Waals surface area contributed by atoms with Gasteiger partial charge in [0, 0.05) is 46.7 Å². The number of nitrogens with two attached hydrogens (primary N) is 1. The van der Waals surface area contributed by atoms with Gasteiger partial charge in [-0.25, -0.2) is 42.7 Å². The number of nitrogens with zero attached hydrogens (tertiary/aromatic N) is 6. The van der Waals surface area contributed by atoms with Crippen LogP contribution in [0.4, 0.5) is 20.4 Å². The third-order valence-corrected chi connectivity index (χ3v) is 15.7. The zero-order chi connectivity index (χ0) is 58.7. The molecule has 0 saturated carbocycles. The number of nitrogen functional groups attached to an aromatic ring is 1. The third kappa shape index (κ3) is 18.1. The van der Waals surface area contributed by atoms with Gasteiger partial charge in [-0.15, -0.1) is 0 Å². The Morgan fingerprint density at radius 2 is 1.31 bits per heavy atom. The van der Waals surface area contributed by atoms with Crippen LogP contribution in [0.1, 0.15) is 60.9 Å². The molecule has 0 amide bonds. The summed E-state index contributed by atoms with van der Waals surface area (Å²) in [5, 5.41) is 43.6. The second-order valence-corrected chi connectivity index (χ2v) is 25.2. The number of aliphatic hydroxyl groups is 4. The lowest BCUT2D eigenvalue weighted by atomic mass is 9.98. The molecule has 2 fully saturated rings. The molecule has 78 heavy (non-hydrogen) atoms. The zero-order valence-electron chi connectivity index (χ0n) is 43.7. The number of aromatic nitrogens is 4. The highest BCUT2D eigenvalue weighted by atomic mass is 79.9. The average Bonchev–Trinajstić information content (AvgIpc) is 3.77. The van der Waals surface area contributed by atoms with E-state index in [-0.39, 0.29) is 35.0 Å². The van der Waals surface area contributed by atoms with Gasteiger partial charge in [0.05, 0.1) is 31.6 Å². The lowest BCUT2D eigenvalue weighted by Gasteiger charge is -2.27. The molecule has 0 aliphatic carbocycles. The van der Waals surface area contributed by atoms with Gasteiger partial charge in [0.25, 0.3) is 0 Å². The van der Waals surface area contributed by atoms with E-state index in [0.717, 1.165) is 31.9 Å². The summed E-state index contributed by atoms with van der Waals surface area (Å²) in [7, 11) is -0.714. The summed E-state index contributed by atoms with van der Waals surface area (Å²) in [4.78, 5) is 60.9. The summed E-state index contributed by atoms with van der Waals surface area (Å²) >= 11 is 12.4. The number of nitrogens with one attached hydrogen (secondary N) is 2. The van der Waals surface area contributed by atoms with Crippen molar-refractivity contribution in [3.8, 4) is 11.5 Å². The van der Waals surface area contributed by atoms with E-state index in [1.165, 1.54) is 49.9 Å². The van der Waals surface area contributed by atoms with E-state index >= 15 is 4.39 Å². The third-order valence-electron chi connectivity index (χ3n) is 11.6. The number of rotatable bonds is 21. The van der Waals surface area contributed by atoms with Crippen molar-refractivity contribution < 1.29 is 71.0 Å². The Morgan fingerprint density at radius 1 is 0.833 bits per heavy atom. The van der Waals surface area contributed by atoms with Gasteiger partial charge >= 0.3 is 26.0 Å². The van der Waals surface area contributed by atoms with Crippen LogP contribution in [0.3, 0.4) is 0 Å². The number of hydrogen-bond donors (Lipinski definition) is 7. The van der Waals surface area contributed by atoms with Gasteiger partial charge in [0.2, 0.25) is 0 Å². The van der Waals surface area contributed by atoms with E-state index < -0.39 is 112 Å². The van der Waals surface area contributed by atoms with Gasteiger partial charge in [-0.05, 0) is 93.3 Å². The van der Waals surface area contributed by atoms with Crippen molar-refractivity contribution in [1.29, 1.82) is 0 Å². The molecule has 12 atom stereocenters. The molecule has 2 aromatic carbocycles. The summed E-state index contributed by atoms with van der Waals surface area (Å²) in [5.41, 5.74) is -0.796. The van der Waals surface area contributed by atoms with E-state index in [1.54, 1.807) is 83.1 Å². The summed E-state index contributed by atoms with van der Waals surface area (Å²) < 4.78 is 86.6. The van der Waals surface area contributed by atoms with Gasteiger partial charge < -0.3 is 49.6 Å². The number of aliphatic imine (C=N–C) groups is 1. The molecular formula is C47H64Br2ClF2N9O15P2. The molecule has 2 aliphatic heterocycles. The first-order valence-corrected chi connectivity index (χ1v) is 29.4. The maximum Gasteiger partial charge on any atom is 0.459 e. The smallest absolute Gasteiger partial charge is 0.422 e. The van der Waals surface area contributed by atoms with Crippen molar-refractivity contribution in [1.82, 2.24) is 34.2 Å². The number of ketones is 2. The standard InChI is InChI=1S/C22H29BrFN4O7P.C13H19FN4O4.C12H16BrClNO4P/c1-12(2)18(13(3)29)27-36(32,35-15-7-5-14(23)6-8-15)33-11-16-19(30)22(4,24)20(34-16)28-10-9-17(25)26-21(28)31;1-13(14)10(20)8(6-19)22-11(13)18-5-4-9(16-12(18)21)15-7-17(2)3;1-8(2)12(11(17)7-16)15-20(14,18)19-10-5-3-9(13)4-6-10/h5-10,12,16,18-20,30H,11H2,1-4H3,(H,27,32)(H2,25,26,31);4-5,7-8,10-11,19-20H,6H2,1-3H3;3-6,8,12,16H,7H2,1-2H3,(H,15,18)/t16-,18+,19-,20-,22-,36?;8-,10-,11-,13-;12-,20?/m110/s1. The van der Waals surface area contributed by atoms with Crippen LogP contribution in [0.5, 0.6) is 11.5 Å². The maximum atomic E-state index is 15.5. The number of benzene rings is 2. The largest absolute Gasteiger partial charge is 0.459 e. The summed E-state index contributed by atoms with van der Waals surface area (Å²) in [6.07, 6.45) is -4.69. The molecule has 31 heteroatoms. The molecule has 0 bridgehead atoms. The Kier molecular flexibility index (Phi) is 24.0. The van der Waals surface area contributed by atoms with Crippen molar-refractivity contribution in [2.24, 2.45) is 16.8 Å². The SMILES string of the molecule is CC(=O)[C@@H](NP(=O)(OC[C@H]1O[C@@H](n2ccc(N)nc2=O)[C@](C)(F)[C@@H]1O)Oc1ccc(Br)cc1)C(C)C.CC(C)[C@H](NP(=O)(Cl)Oc1ccc(Br)cc1)C(=O)CO.CN(C)C=Nc1ccn([C@@H]2O[C@H](CO)[C@@H](O)[C@@]2(C)F)c(=O)n1. The predicted molar refractivity (Wildman–Crippen MR) is 292 cm³/mol. The van der Waals surface area contributed by atoms with Gasteiger partial charge in [-0.3, -0.25) is 23.2 Å². The van der Waals surface area contributed by atoms with Crippen LogP contribution >= 0.6 is 57.7 Å². The van der Waals surface area contributed by atoms with E-state index in [1.807, 2.05) is 0 Å². The van der Waals surface area contributed by atoms with Crippen molar-refractivity contribution in [3.63, 3.8) is 0 Å². The van der Waals surface area contributed by atoms with Gasteiger partial charge in [0.1, 0.15) is 54.1 Å². The molecule has 2 saturated heterocycles. The number of hydrogen-bond acceptors (Lipinski definition) is 19. The van der Waals surface area contributed by atoms with E-state index in [0.29, 0.717) is 5.75 Å². The lowest BCUT2D eigenvalue weighted by molar-refractivity contribution is -0.124. The monoisotopic (exact) mass is 1290 g/mol. The molecule has 24 nitrogen and oxygen atoms in total. The minimum Gasteiger partial charge on any atom is -0.422 e. The quantitative estimate of drug-likeness (QED) is 0.0295. The summed E-state index contributed by atoms with van der Waals surface area (Å²) in [6.45, 7) is 5.01. The number of carbonyl (C=O) groups excluding carboxylic acids is 2. The van der Waals surface area contributed by atoms with Crippen LogP contribution in [0.25, 0.3) is 0 Å². The molecule has 0 radical (unpaired) electrons. The van der Waals surface area contributed by atoms with E-state index in [9.17, 15) is 42.9 Å². The Morgan fingerprint density at radius 3 is 1.74 bits per heavy atom. The highest BCUT2D eigenvalue weighted by Crippen LogP contribution is 2.50. The first-order valence-electron chi connectivity index (χ1n) is 23.7. The zero-order valence-corrected chi connectivity index (χ0v) is 49.4. The Balaban J connectivity index is 0.000000269. The number of aliphatic hydroxyl groups excluding tert-OH is 4. The van der Waals surface area contributed by atoms with Crippen molar-refractivity contribution in [2.75, 3.05) is 39.6 Å². The van der Waals surface area contributed by atoms with Crippen LogP contribution in [-0.2, 0) is 32.7 Å². The number of ether oxygens (including phenoxy) is 2. The minimum atomic E-state index is -4.25. The number of Topliss-reactive ketones (excluding diaryl/α,β-unsaturated/α-hetero) is 2. The van der Waals surface area contributed by atoms with Crippen LogP contribution in [0.2, 0.25) is 0 Å². The van der Waals surface area contributed by atoms with Crippen molar-refractivity contribution in [2.45, 2.75) is 109 Å². The average molecular weight is 1290 g/mol. The molecule has 2 aromatic heterocycles. The van der Waals surface area contributed by atoms with Gasteiger partial charge in [-0.2, -0.15) is 9.97 Å². The Labute approximate surface area is 469 Å². The van der Waals surface area contributed by atoms with Crippen LogP contribution in [-0.4, -0.2) is 144 Å². The van der Waals surface area contributed by atoms with E-state index in [2.05, 4.69) is 57.0 Å². The topological polar surface area (TPSA) is 331 Å². The molecule has 2 aliphatic rings. The Hall–Kier alpha value is -4.38. The van der Waals surface area contributed by atoms with Crippen LogP contribution < -0.4 is 36.3 Å². The molecule has 0 spiro atoms. The molecule has 4 aromatic rings. The highest BCUT2D eigenvalue weighted by Gasteiger charge is 2.57. The van der Waals surface area contributed by atoms with Crippen molar-refractivity contribution in [3.05, 3.63) is 103 Å². The first kappa shape index (κ1) is 66.1. The fraction of sp³-hybridized carbons (Fsp3) is 0.511. The highest BCUT2D eigenvalue weighted by molar-refractivity contribution is 9.10. The number of halogens is 5. The second kappa shape index (κ2) is 28.4. The molecule has 8 N–H and O–H groups in total. The fourth-order valence-corrected chi connectivity index (χ4v) is 11.5. The number of alkyl halides is 2. The molecule has 432 valence electrons.